The van der Waals surface area contributed by atoms with E-state index >= 15 is 0 Å². The van der Waals surface area contributed by atoms with Crippen LogP contribution in [0.25, 0.3) is 0 Å². The molecule has 1 aliphatic rings. The van der Waals surface area contributed by atoms with Gasteiger partial charge in [0, 0.05) is 18.7 Å². The molecule has 20 heavy (non-hydrogen) atoms. The molecule has 0 saturated carbocycles. The summed E-state index contributed by atoms with van der Waals surface area (Å²) in [7, 11) is 1.64. The van der Waals surface area contributed by atoms with Gasteiger partial charge in [-0.3, -0.25) is 0 Å². The van der Waals surface area contributed by atoms with E-state index in [-0.39, 0.29) is 11.9 Å². The average molecular weight is 272 g/mol. The minimum Gasteiger partial charge on any atom is -0.495 e. The Morgan fingerprint density at radius 1 is 1.25 bits per heavy atom. The average Bonchev–Trinajstić information content (AvgIpc) is 2.87. The number of ether oxygens (including phenoxy) is 1. The van der Waals surface area contributed by atoms with Crippen molar-refractivity contribution in [2.75, 3.05) is 18.6 Å². The van der Waals surface area contributed by atoms with Crippen LogP contribution in [0.15, 0.2) is 42.5 Å². The third-order valence-corrected chi connectivity index (χ3v) is 3.84. The molecule has 0 bridgehead atoms. The van der Waals surface area contributed by atoms with Gasteiger partial charge in [0.25, 0.3) is 0 Å². The summed E-state index contributed by atoms with van der Waals surface area (Å²) < 4.78 is 19.4. The Balaban J connectivity index is 2.07. The SMILES string of the molecule is COc1ccccc1N1Cc2c(F)cccc2C1CN. The second-order valence-corrected chi connectivity index (χ2v) is 4.86. The zero-order valence-corrected chi connectivity index (χ0v) is 11.3. The first kappa shape index (κ1) is 12.9. The summed E-state index contributed by atoms with van der Waals surface area (Å²) in [5.74, 6) is 0.609. The Hall–Kier alpha value is -2.07. The van der Waals surface area contributed by atoms with Crippen molar-refractivity contribution in [3.05, 3.63) is 59.4 Å². The summed E-state index contributed by atoms with van der Waals surface area (Å²) in [4.78, 5) is 2.10. The molecule has 3 nitrogen and oxygen atoms in total. The van der Waals surface area contributed by atoms with Gasteiger partial charge in [-0.1, -0.05) is 24.3 Å². The van der Waals surface area contributed by atoms with Gasteiger partial charge in [0.05, 0.1) is 18.8 Å². The zero-order chi connectivity index (χ0) is 14.1. The number of para-hydroxylation sites is 2. The summed E-state index contributed by atoms with van der Waals surface area (Å²) in [5.41, 5.74) is 8.56. The summed E-state index contributed by atoms with van der Waals surface area (Å²) in [6, 6.07) is 12.9. The predicted octanol–water partition coefficient (Wildman–Crippen LogP) is 2.85. The quantitative estimate of drug-likeness (QED) is 0.933. The molecule has 2 aromatic rings. The number of halogens is 1. The maximum absolute atomic E-state index is 14.0. The number of rotatable bonds is 3. The van der Waals surface area contributed by atoms with Crippen molar-refractivity contribution in [3.8, 4) is 5.75 Å². The molecule has 2 N–H and O–H groups in total. The fourth-order valence-electron chi connectivity index (χ4n) is 2.88. The number of hydrogen-bond donors (Lipinski definition) is 1. The standard InChI is InChI=1S/C16H17FN2O/c1-20-16-8-3-2-7-14(16)19-10-12-11(15(19)9-18)5-4-6-13(12)17/h2-8,15H,9-10,18H2,1H3. The highest BCUT2D eigenvalue weighted by molar-refractivity contribution is 5.63. The van der Waals surface area contributed by atoms with Crippen molar-refractivity contribution in [2.24, 2.45) is 5.73 Å². The van der Waals surface area contributed by atoms with Crippen molar-refractivity contribution >= 4 is 5.69 Å². The summed E-state index contributed by atoms with van der Waals surface area (Å²) in [5, 5.41) is 0. The van der Waals surface area contributed by atoms with E-state index in [0.29, 0.717) is 13.1 Å². The van der Waals surface area contributed by atoms with Crippen LogP contribution in [0.3, 0.4) is 0 Å². The first-order valence-corrected chi connectivity index (χ1v) is 6.63. The van der Waals surface area contributed by atoms with Crippen LogP contribution in [-0.4, -0.2) is 13.7 Å². The number of benzene rings is 2. The van der Waals surface area contributed by atoms with Crippen LogP contribution in [-0.2, 0) is 6.54 Å². The number of anilines is 1. The lowest BCUT2D eigenvalue weighted by atomic mass is 10.0. The van der Waals surface area contributed by atoms with E-state index in [0.717, 1.165) is 22.6 Å². The van der Waals surface area contributed by atoms with Crippen LogP contribution in [0.2, 0.25) is 0 Å². The maximum atomic E-state index is 14.0. The third-order valence-electron chi connectivity index (χ3n) is 3.84. The molecule has 1 aliphatic heterocycles. The third kappa shape index (κ3) is 1.93. The Morgan fingerprint density at radius 3 is 2.80 bits per heavy atom. The molecule has 3 rings (SSSR count). The largest absolute Gasteiger partial charge is 0.495 e. The summed E-state index contributed by atoms with van der Waals surface area (Å²) >= 11 is 0. The van der Waals surface area contributed by atoms with Crippen molar-refractivity contribution in [2.45, 2.75) is 12.6 Å². The number of nitrogens with two attached hydrogens (primary N) is 1. The van der Waals surface area contributed by atoms with Gasteiger partial charge < -0.3 is 15.4 Å². The topological polar surface area (TPSA) is 38.5 Å². The van der Waals surface area contributed by atoms with E-state index in [4.69, 9.17) is 10.5 Å². The Bertz CT molecular complexity index is 630. The van der Waals surface area contributed by atoms with Crippen LogP contribution >= 0.6 is 0 Å². The van der Waals surface area contributed by atoms with Crippen molar-refractivity contribution in [1.29, 1.82) is 0 Å². The number of nitrogens with zero attached hydrogens (tertiary/aromatic N) is 1. The first-order valence-electron chi connectivity index (χ1n) is 6.63. The fraction of sp³-hybridized carbons (Fsp3) is 0.250. The maximum Gasteiger partial charge on any atom is 0.142 e. The van der Waals surface area contributed by atoms with Gasteiger partial charge in [0.15, 0.2) is 0 Å². The Labute approximate surface area is 117 Å². The lowest BCUT2D eigenvalue weighted by molar-refractivity contribution is 0.413. The van der Waals surface area contributed by atoms with Gasteiger partial charge in [0.1, 0.15) is 11.6 Å². The molecule has 1 unspecified atom stereocenters. The second-order valence-electron chi connectivity index (χ2n) is 4.86. The smallest absolute Gasteiger partial charge is 0.142 e. The van der Waals surface area contributed by atoms with Gasteiger partial charge in [0.2, 0.25) is 0 Å². The van der Waals surface area contributed by atoms with E-state index in [9.17, 15) is 4.39 Å². The van der Waals surface area contributed by atoms with E-state index < -0.39 is 0 Å². The molecule has 2 aromatic carbocycles. The number of methoxy groups -OCH3 is 1. The van der Waals surface area contributed by atoms with E-state index in [1.54, 1.807) is 13.2 Å². The molecule has 0 amide bonds. The van der Waals surface area contributed by atoms with Crippen LogP contribution in [0.1, 0.15) is 17.2 Å². The second kappa shape index (κ2) is 5.13. The molecule has 104 valence electrons. The molecule has 0 aliphatic carbocycles. The lowest BCUT2D eigenvalue weighted by Gasteiger charge is -2.27. The Morgan fingerprint density at radius 2 is 2.05 bits per heavy atom. The molecular formula is C16H17FN2O. The molecule has 4 heteroatoms. The van der Waals surface area contributed by atoms with Crippen molar-refractivity contribution < 1.29 is 9.13 Å². The van der Waals surface area contributed by atoms with Gasteiger partial charge in [-0.15, -0.1) is 0 Å². The van der Waals surface area contributed by atoms with Gasteiger partial charge >= 0.3 is 0 Å². The Kier molecular flexibility index (Phi) is 3.32. The van der Waals surface area contributed by atoms with Crippen LogP contribution < -0.4 is 15.4 Å². The fourth-order valence-corrected chi connectivity index (χ4v) is 2.88. The van der Waals surface area contributed by atoms with Crippen LogP contribution in [0.4, 0.5) is 10.1 Å². The van der Waals surface area contributed by atoms with Crippen LogP contribution in [0.5, 0.6) is 5.75 Å². The summed E-state index contributed by atoms with van der Waals surface area (Å²) in [6.45, 7) is 0.957. The van der Waals surface area contributed by atoms with E-state index in [1.807, 2.05) is 30.3 Å². The molecule has 1 heterocycles. The van der Waals surface area contributed by atoms with Gasteiger partial charge in [-0.25, -0.2) is 4.39 Å². The minimum atomic E-state index is -0.168. The molecule has 0 spiro atoms. The zero-order valence-electron chi connectivity index (χ0n) is 11.3. The molecular weight excluding hydrogens is 255 g/mol. The predicted molar refractivity (Wildman–Crippen MR) is 77.4 cm³/mol. The lowest BCUT2D eigenvalue weighted by Crippen LogP contribution is -2.28. The minimum absolute atomic E-state index is 0.0167. The highest BCUT2D eigenvalue weighted by Gasteiger charge is 2.32. The van der Waals surface area contributed by atoms with Crippen molar-refractivity contribution in [1.82, 2.24) is 0 Å². The summed E-state index contributed by atoms with van der Waals surface area (Å²) in [6.07, 6.45) is 0. The number of fused-ring (bicyclic) bond motifs is 1. The first-order chi connectivity index (χ1) is 9.76. The monoisotopic (exact) mass is 272 g/mol. The normalized spacial score (nSPS) is 17.1. The number of hydrogen-bond acceptors (Lipinski definition) is 3. The highest BCUT2D eigenvalue weighted by Crippen LogP contribution is 2.41. The van der Waals surface area contributed by atoms with E-state index in [2.05, 4.69) is 4.90 Å². The van der Waals surface area contributed by atoms with Crippen molar-refractivity contribution in [3.63, 3.8) is 0 Å². The van der Waals surface area contributed by atoms with Gasteiger partial charge in [-0.2, -0.15) is 0 Å². The van der Waals surface area contributed by atoms with Crippen LogP contribution in [0, 0.1) is 5.82 Å². The highest BCUT2D eigenvalue weighted by atomic mass is 19.1. The van der Waals surface area contributed by atoms with Gasteiger partial charge in [-0.05, 0) is 23.8 Å². The molecule has 0 saturated heterocycles. The molecule has 0 radical (unpaired) electrons. The molecule has 1 atom stereocenters. The molecule has 0 fully saturated rings. The molecule has 0 aromatic heterocycles. The van der Waals surface area contributed by atoms with E-state index in [1.165, 1.54) is 6.07 Å².